The van der Waals surface area contributed by atoms with Crippen LogP contribution >= 0.6 is 0 Å². The molecule has 1 heterocycles. The van der Waals surface area contributed by atoms with Crippen molar-refractivity contribution >= 4 is 12.1 Å². The molecule has 0 bridgehead atoms. The van der Waals surface area contributed by atoms with E-state index in [1.54, 1.807) is 0 Å². The Labute approximate surface area is 118 Å². The van der Waals surface area contributed by atoms with E-state index in [-0.39, 0.29) is 6.61 Å². The Hall–Kier alpha value is -2.04. The molecule has 0 unspecified atom stereocenters. The van der Waals surface area contributed by atoms with Crippen molar-refractivity contribution < 1.29 is 19.4 Å². The standard InChI is InChI=1S/C15H19NO4/c1-11-7-8-16(13(9-11)14(17)18)15(19)20-10-12-5-3-2-4-6-12/h2-6,11,13H,7-10H2,1H3,(H,17,18)/t11-,13+/m0/s1. The maximum Gasteiger partial charge on any atom is 0.410 e. The molecule has 0 spiro atoms. The van der Waals surface area contributed by atoms with E-state index < -0.39 is 18.1 Å². The number of carboxylic acid groups (broad SMARTS) is 1. The van der Waals surface area contributed by atoms with E-state index in [1.807, 2.05) is 37.3 Å². The third kappa shape index (κ3) is 3.50. The summed E-state index contributed by atoms with van der Waals surface area (Å²) in [6.07, 6.45) is 0.744. The molecule has 0 aromatic heterocycles. The number of piperidine rings is 1. The number of ether oxygens (including phenoxy) is 1. The first-order valence-electron chi connectivity index (χ1n) is 6.78. The predicted molar refractivity (Wildman–Crippen MR) is 73.2 cm³/mol. The van der Waals surface area contributed by atoms with Crippen molar-refractivity contribution in [1.29, 1.82) is 0 Å². The van der Waals surface area contributed by atoms with Crippen molar-refractivity contribution in [2.75, 3.05) is 6.54 Å². The fraction of sp³-hybridized carbons (Fsp3) is 0.467. The summed E-state index contributed by atoms with van der Waals surface area (Å²) in [5.74, 6) is -0.650. The lowest BCUT2D eigenvalue weighted by Crippen LogP contribution is -2.49. The zero-order valence-corrected chi connectivity index (χ0v) is 11.5. The second kappa shape index (κ2) is 6.41. The van der Waals surface area contributed by atoms with Crippen LogP contribution in [0.5, 0.6) is 0 Å². The molecule has 2 rings (SSSR count). The highest BCUT2D eigenvalue weighted by Crippen LogP contribution is 2.23. The third-order valence-electron chi connectivity index (χ3n) is 3.59. The lowest BCUT2D eigenvalue weighted by Gasteiger charge is -2.35. The first-order chi connectivity index (χ1) is 9.58. The minimum Gasteiger partial charge on any atom is -0.480 e. The molecule has 5 nitrogen and oxygen atoms in total. The molecule has 0 radical (unpaired) electrons. The van der Waals surface area contributed by atoms with Crippen LogP contribution < -0.4 is 0 Å². The Kier molecular flexibility index (Phi) is 4.61. The molecule has 1 saturated heterocycles. The highest BCUT2D eigenvalue weighted by atomic mass is 16.6. The van der Waals surface area contributed by atoms with Gasteiger partial charge in [-0.05, 0) is 24.3 Å². The van der Waals surface area contributed by atoms with Gasteiger partial charge in [-0.25, -0.2) is 9.59 Å². The van der Waals surface area contributed by atoms with Gasteiger partial charge in [-0.1, -0.05) is 37.3 Å². The van der Waals surface area contributed by atoms with Crippen LogP contribution in [-0.2, 0) is 16.1 Å². The molecular weight excluding hydrogens is 258 g/mol. The van der Waals surface area contributed by atoms with Crippen LogP contribution in [0.2, 0.25) is 0 Å². The van der Waals surface area contributed by atoms with Gasteiger partial charge in [0.25, 0.3) is 0 Å². The van der Waals surface area contributed by atoms with Crippen LogP contribution in [0, 0.1) is 5.92 Å². The second-order valence-corrected chi connectivity index (χ2v) is 5.22. The van der Waals surface area contributed by atoms with Gasteiger partial charge in [0.1, 0.15) is 12.6 Å². The number of nitrogens with zero attached hydrogens (tertiary/aromatic N) is 1. The highest BCUT2D eigenvalue weighted by Gasteiger charge is 2.35. The van der Waals surface area contributed by atoms with Gasteiger partial charge in [-0.15, -0.1) is 0 Å². The Morgan fingerprint density at radius 2 is 2.05 bits per heavy atom. The van der Waals surface area contributed by atoms with Crippen LogP contribution in [0.1, 0.15) is 25.3 Å². The molecule has 0 saturated carbocycles. The number of carbonyl (C=O) groups is 2. The van der Waals surface area contributed by atoms with Crippen molar-refractivity contribution in [3.63, 3.8) is 0 Å². The van der Waals surface area contributed by atoms with Crippen molar-refractivity contribution in [2.24, 2.45) is 5.92 Å². The van der Waals surface area contributed by atoms with Crippen LogP contribution in [0.15, 0.2) is 30.3 Å². The molecule has 1 fully saturated rings. The smallest absolute Gasteiger partial charge is 0.410 e. The van der Waals surface area contributed by atoms with Crippen LogP contribution in [-0.4, -0.2) is 34.7 Å². The molecule has 0 aliphatic carbocycles. The number of aliphatic carboxylic acids is 1. The zero-order valence-electron chi connectivity index (χ0n) is 11.5. The number of carbonyl (C=O) groups excluding carboxylic acids is 1. The summed E-state index contributed by atoms with van der Waals surface area (Å²) in [4.78, 5) is 24.6. The lowest BCUT2D eigenvalue weighted by molar-refractivity contribution is -0.144. The molecule has 1 aliphatic rings. The average molecular weight is 277 g/mol. The van der Waals surface area contributed by atoms with Gasteiger partial charge >= 0.3 is 12.1 Å². The summed E-state index contributed by atoms with van der Waals surface area (Å²) in [7, 11) is 0. The normalized spacial score (nSPS) is 22.4. The number of likely N-dealkylation sites (tertiary alicyclic amines) is 1. The summed E-state index contributed by atoms with van der Waals surface area (Å²) < 4.78 is 5.21. The third-order valence-corrected chi connectivity index (χ3v) is 3.59. The summed E-state index contributed by atoms with van der Waals surface area (Å²) >= 11 is 0. The topological polar surface area (TPSA) is 66.8 Å². The van der Waals surface area contributed by atoms with Crippen LogP contribution in [0.25, 0.3) is 0 Å². The zero-order chi connectivity index (χ0) is 14.5. The van der Waals surface area contributed by atoms with Gasteiger partial charge in [0, 0.05) is 6.54 Å². The van der Waals surface area contributed by atoms with E-state index in [1.165, 1.54) is 4.90 Å². The van der Waals surface area contributed by atoms with Crippen molar-refractivity contribution in [2.45, 2.75) is 32.4 Å². The van der Waals surface area contributed by atoms with E-state index in [2.05, 4.69) is 0 Å². The highest BCUT2D eigenvalue weighted by molar-refractivity contribution is 5.80. The molecule has 20 heavy (non-hydrogen) atoms. The minimum atomic E-state index is -0.965. The van der Waals surface area contributed by atoms with E-state index in [9.17, 15) is 14.7 Å². The molecule has 1 amide bonds. The largest absolute Gasteiger partial charge is 0.480 e. The van der Waals surface area contributed by atoms with Crippen molar-refractivity contribution in [1.82, 2.24) is 4.90 Å². The van der Waals surface area contributed by atoms with Gasteiger partial charge in [0.15, 0.2) is 0 Å². The number of hydrogen-bond acceptors (Lipinski definition) is 3. The van der Waals surface area contributed by atoms with Crippen LogP contribution in [0.3, 0.4) is 0 Å². The summed E-state index contributed by atoms with van der Waals surface area (Å²) in [6, 6.07) is 8.57. The Bertz CT molecular complexity index is 474. The van der Waals surface area contributed by atoms with Crippen molar-refractivity contribution in [3.05, 3.63) is 35.9 Å². The number of hydrogen-bond donors (Lipinski definition) is 1. The van der Waals surface area contributed by atoms with Gasteiger partial charge in [-0.3, -0.25) is 4.90 Å². The van der Waals surface area contributed by atoms with E-state index in [0.29, 0.717) is 18.9 Å². The van der Waals surface area contributed by atoms with E-state index in [0.717, 1.165) is 12.0 Å². The summed E-state index contributed by atoms with van der Waals surface area (Å²) in [5, 5.41) is 9.21. The molecule has 108 valence electrons. The monoisotopic (exact) mass is 277 g/mol. The quantitative estimate of drug-likeness (QED) is 0.921. The van der Waals surface area contributed by atoms with Gasteiger partial charge in [-0.2, -0.15) is 0 Å². The molecule has 1 aliphatic heterocycles. The maximum atomic E-state index is 12.0. The molecular formula is C15H19NO4. The molecule has 2 atom stereocenters. The molecule has 5 heteroatoms. The number of amides is 1. The molecule has 1 aromatic rings. The average Bonchev–Trinajstić information content (AvgIpc) is 2.45. The summed E-state index contributed by atoms with van der Waals surface area (Å²) in [6.45, 7) is 2.60. The number of carboxylic acids is 1. The first-order valence-corrected chi connectivity index (χ1v) is 6.78. The molecule has 1 aromatic carbocycles. The van der Waals surface area contributed by atoms with E-state index >= 15 is 0 Å². The van der Waals surface area contributed by atoms with E-state index in [4.69, 9.17) is 4.74 Å². The number of rotatable bonds is 3. The second-order valence-electron chi connectivity index (χ2n) is 5.22. The fourth-order valence-corrected chi connectivity index (χ4v) is 2.40. The first kappa shape index (κ1) is 14.4. The van der Waals surface area contributed by atoms with Crippen molar-refractivity contribution in [3.8, 4) is 0 Å². The Morgan fingerprint density at radius 3 is 2.70 bits per heavy atom. The maximum absolute atomic E-state index is 12.0. The Morgan fingerprint density at radius 1 is 1.35 bits per heavy atom. The SMILES string of the molecule is C[C@H]1CCN(C(=O)OCc2ccccc2)[C@@H](C(=O)O)C1. The lowest BCUT2D eigenvalue weighted by atomic mass is 9.93. The molecule has 1 N–H and O–H groups in total. The number of benzene rings is 1. The van der Waals surface area contributed by atoms with Crippen LogP contribution in [0.4, 0.5) is 4.79 Å². The van der Waals surface area contributed by atoms with Gasteiger partial charge in [0.05, 0.1) is 0 Å². The van der Waals surface area contributed by atoms with Gasteiger partial charge in [0.2, 0.25) is 0 Å². The summed E-state index contributed by atoms with van der Waals surface area (Å²) in [5.41, 5.74) is 0.887. The Balaban J connectivity index is 1.95. The minimum absolute atomic E-state index is 0.165. The predicted octanol–water partition coefficient (Wildman–Crippen LogP) is 2.51. The van der Waals surface area contributed by atoms with Gasteiger partial charge < -0.3 is 9.84 Å². The fourth-order valence-electron chi connectivity index (χ4n) is 2.40.